The molecule has 0 spiro atoms. The molecule has 1 saturated heterocycles. The lowest BCUT2D eigenvalue weighted by Gasteiger charge is -2.13. The predicted octanol–water partition coefficient (Wildman–Crippen LogP) is 2.42. The van der Waals surface area contributed by atoms with E-state index in [2.05, 4.69) is 11.9 Å². The van der Waals surface area contributed by atoms with Crippen LogP contribution < -0.4 is 4.74 Å². The molecule has 1 aromatic rings. The normalized spacial score (nSPS) is 22.6. The molecule has 0 aromatic heterocycles. The van der Waals surface area contributed by atoms with Crippen molar-refractivity contribution in [3.63, 3.8) is 0 Å². The Labute approximate surface area is 89.4 Å². The van der Waals surface area contributed by atoms with E-state index in [0.717, 1.165) is 30.3 Å². The third-order valence-corrected chi connectivity index (χ3v) is 2.72. The maximum atomic E-state index is 5.80. The van der Waals surface area contributed by atoms with Crippen molar-refractivity contribution < 1.29 is 4.74 Å². The molecular formula is C11H14ClNO. The minimum absolute atomic E-state index is 0.334. The van der Waals surface area contributed by atoms with Gasteiger partial charge in [0.25, 0.3) is 0 Å². The van der Waals surface area contributed by atoms with Crippen LogP contribution >= 0.6 is 11.6 Å². The van der Waals surface area contributed by atoms with Crippen LogP contribution in [-0.4, -0.2) is 31.1 Å². The van der Waals surface area contributed by atoms with Crippen molar-refractivity contribution >= 4 is 11.6 Å². The van der Waals surface area contributed by atoms with Gasteiger partial charge in [0.2, 0.25) is 0 Å². The van der Waals surface area contributed by atoms with Gasteiger partial charge >= 0.3 is 0 Å². The Balaban J connectivity index is 1.94. The average Bonchev–Trinajstić information content (AvgIpc) is 2.56. The number of likely N-dealkylation sites (tertiary alicyclic amines) is 1. The minimum Gasteiger partial charge on any atom is -0.489 e. The molecule has 1 aliphatic heterocycles. The molecule has 1 heterocycles. The average molecular weight is 212 g/mol. The Bertz CT molecular complexity index is 299. The first-order valence-electron chi connectivity index (χ1n) is 4.85. The highest BCUT2D eigenvalue weighted by molar-refractivity contribution is 6.30. The first-order chi connectivity index (χ1) is 6.74. The zero-order valence-corrected chi connectivity index (χ0v) is 9.00. The topological polar surface area (TPSA) is 12.5 Å². The highest BCUT2D eigenvalue weighted by atomic mass is 35.5. The van der Waals surface area contributed by atoms with Gasteiger partial charge in [-0.05, 0) is 37.7 Å². The Kier molecular flexibility index (Phi) is 2.94. The van der Waals surface area contributed by atoms with Gasteiger partial charge in [0.15, 0.2) is 0 Å². The van der Waals surface area contributed by atoms with E-state index in [0.29, 0.717) is 6.10 Å². The van der Waals surface area contributed by atoms with E-state index in [-0.39, 0.29) is 0 Å². The molecule has 0 N–H and O–H groups in total. The Hall–Kier alpha value is -0.730. The largest absolute Gasteiger partial charge is 0.489 e. The highest BCUT2D eigenvalue weighted by Gasteiger charge is 2.20. The fraction of sp³-hybridized carbons (Fsp3) is 0.455. The molecule has 1 aliphatic rings. The fourth-order valence-corrected chi connectivity index (χ4v) is 1.82. The summed E-state index contributed by atoms with van der Waals surface area (Å²) in [7, 11) is 2.12. The van der Waals surface area contributed by atoms with Gasteiger partial charge in [-0.15, -0.1) is 0 Å². The standard InChI is InChI=1S/C11H14ClNO/c1-13-7-6-11(8-13)14-10-4-2-9(12)3-5-10/h2-5,11H,6-8H2,1H3. The van der Waals surface area contributed by atoms with Crippen molar-refractivity contribution in [3.05, 3.63) is 29.3 Å². The van der Waals surface area contributed by atoms with Gasteiger partial charge in [-0.3, -0.25) is 0 Å². The summed E-state index contributed by atoms with van der Waals surface area (Å²) in [4.78, 5) is 2.28. The number of nitrogens with zero attached hydrogens (tertiary/aromatic N) is 1. The van der Waals surface area contributed by atoms with E-state index in [1.54, 1.807) is 0 Å². The zero-order chi connectivity index (χ0) is 9.97. The number of rotatable bonds is 2. The molecule has 2 nitrogen and oxygen atoms in total. The maximum Gasteiger partial charge on any atom is 0.119 e. The molecule has 0 radical (unpaired) electrons. The maximum absolute atomic E-state index is 5.80. The van der Waals surface area contributed by atoms with Crippen LogP contribution in [0.3, 0.4) is 0 Å². The second kappa shape index (κ2) is 4.20. The summed E-state index contributed by atoms with van der Waals surface area (Å²) in [6, 6.07) is 7.55. The summed E-state index contributed by atoms with van der Waals surface area (Å²) in [5, 5.41) is 0.751. The molecule has 0 aliphatic carbocycles. The smallest absolute Gasteiger partial charge is 0.119 e. The molecule has 76 valence electrons. The summed E-state index contributed by atoms with van der Waals surface area (Å²) in [6.45, 7) is 2.14. The van der Waals surface area contributed by atoms with E-state index in [4.69, 9.17) is 16.3 Å². The SMILES string of the molecule is CN1CCC(Oc2ccc(Cl)cc2)C1. The lowest BCUT2D eigenvalue weighted by molar-refractivity contribution is 0.208. The third-order valence-electron chi connectivity index (χ3n) is 2.46. The minimum atomic E-state index is 0.334. The van der Waals surface area contributed by atoms with Crippen molar-refractivity contribution in [2.45, 2.75) is 12.5 Å². The summed E-state index contributed by atoms with van der Waals surface area (Å²) < 4.78 is 5.80. The van der Waals surface area contributed by atoms with E-state index in [1.807, 2.05) is 24.3 Å². The monoisotopic (exact) mass is 211 g/mol. The molecular weight excluding hydrogens is 198 g/mol. The predicted molar refractivity (Wildman–Crippen MR) is 58.0 cm³/mol. The van der Waals surface area contributed by atoms with Crippen LogP contribution in [0.25, 0.3) is 0 Å². The van der Waals surface area contributed by atoms with Crippen molar-refractivity contribution in [2.75, 3.05) is 20.1 Å². The van der Waals surface area contributed by atoms with E-state index < -0.39 is 0 Å². The summed E-state index contributed by atoms with van der Waals surface area (Å²) in [5.41, 5.74) is 0. The van der Waals surface area contributed by atoms with Crippen molar-refractivity contribution in [3.8, 4) is 5.75 Å². The summed E-state index contributed by atoms with van der Waals surface area (Å²) in [5.74, 6) is 0.912. The molecule has 2 rings (SSSR count). The fourth-order valence-electron chi connectivity index (χ4n) is 1.70. The molecule has 0 saturated carbocycles. The second-order valence-electron chi connectivity index (χ2n) is 3.74. The molecule has 1 unspecified atom stereocenters. The van der Waals surface area contributed by atoms with Crippen LogP contribution in [-0.2, 0) is 0 Å². The third kappa shape index (κ3) is 2.40. The molecule has 1 atom stereocenters. The van der Waals surface area contributed by atoms with E-state index >= 15 is 0 Å². The van der Waals surface area contributed by atoms with Crippen molar-refractivity contribution in [2.24, 2.45) is 0 Å². The number of halogens is 1. The van der Waals surface area contributed by atoms with Gasteiger partial charge in [0, 0.05) is 18.1 Å². The van der Waals surface area contributed by atoms with Gasteiger partial charge in [-0.1, -0.05) is 11.6 Å². The zero-order valence-electron chi connectivity index (χ0n) is 8.24. The van der Waals surface area contributed by atoms with Gasteiger partial charge in [0.1, 0.15) is 11.9 Å². The van der Waals surface area contributed by atoms with E-state index in [9.17, 15) is 0 Å². The number of hydrogen-bond acceptors (Lipinski definition) is 2. The molecule has 1 fully saturated rings. The van der Waals surface area contributed by atoms with Gasteiger partial charge in [-0.25, -0.2) is 0 Å². The first kappa shape index (κ1) is 9.81. The number of benzene rings is 1. The number of ether oxygens (including phenoxy) is 1. The molecule has 1 aromatic carbocycles. The van der Waals surface area contributed by atoms with Crippen molar-refractivity contribution in [1.82, 2.24) is 4.90 Å². The molecule has 0 bridgehead atoms. The Morgan fingerprint density at radius 1 is 1.36 bits per heavy atom. The molecule has 14 heavy (non-hydrogen) atoms. The van der Waals surface area contributed by atoms with Gasteiger partial charge in [0.05, 0.1) is 0 Å². The van der Waals surface area contributed by atoms with Gasteiger partial charge in [-0.2, -0.15) is 0 Å². The highest BCUT2D eigenvalue weighted by Crippen LogP contribution is 2.19. The van der Waals surface area contributed by atoms with Crippen LogP contribution in [0.5, 0.6) is 5.75 Å². The molecule has 3 heteroatoms. The van der Waals surface area contributed by atoms with Crippen molar-refractivity contribution in [1.29, 1.82) is 0 Å². The van der Waals surface area contributed by atoms with Crippen LogP contribution in [0.15, 0.2) is 24.3 Å². The quantitative estimate of drug-likeness (QED) is 0.745. The summed E-state index contributed by atoms with van der Waals surface area (Å²) >= 11 is 5.79. The Morgan fingerprint density at radius 2 is 2.07 bits per heavy atom. The molecule has 0 amide bonds. The van der Waals surface area contributed by atoms with Crippen LogP contribution in [0.2, 0.25) is 5.02 Å². The lowest BCUT2D eigenvalue weighted by atomic mass is 10.3. The second-order valence-corrected chi connectivity index (χ2v) is 4.18. The summed E-state index contributed by atoms with van der Waals surface area (Å²) in [6.07, 6.45) is 1.44. The number of likely N-dealkylation sites (N-methyl/N-ethyl adjacent to an activating group) is 1. The number of hydrogen-bond donors (Lipinski definition) is 0. The van der Waals surface area contributed by atoms with Crippen LogP contribution in [0.1, 0.15) is 6.42 Å². The van der Waals surface area contributed by atoms with Gasteiger partial charge < -0.3 is 9.64 Å². The first-order valence-corrected chi connectivity index (χ1v) is 5.22. The lowest BCUT2D eigenvalue weighted by Crippen LogP contribution is -2.21. The van der Waals surface area contributed by atoms with Crippen LogP contribution in [0, 0.1) is 0 Å². The van der Waals surface area contributed by atoms with Crippen LogP contribution in [0.4, 0.5) is 0 Å². The van der Waals surface area contributed by atoms with E-state index in [1.165, 1.54) is 0 Å². The Morgan fingerprint density at radius 3 is 2.64 bits per heavy atom.